The van der Waals surface area contributed by atoms with Gasteiger partial charge in [-0.2, -0.15) is 0 Å². The Labute approximate surface area is 123 Å². The summed E-state index contributed by atoms with van der Waals surface area (Å²) >= 11 is 0. The molecule has 4 heteroatoms. The van der Waals surface area contributed by atoms with Gasteiger partial charge in [0.05, 0.1) is 0 Å². The summed E-state index contributed by atoms with van der Waals surface area (Å²) in [5.41, 5.74) is -0.438. The van der Waals surface area contributed by atoms with E-state index >= 15 is 0 Å². The van der Waals surface area contributed by atoms with Gasteiger partial charge in [-0.1, -0.05) is 31.4 Å². The van der Waals surface area contributed by atoms with Crippen LogP contribution in [-0.4, -0.2) is 30.8 Å². The predicted molar refractivity (Wildman–Crippen MR) is 82.8 cm³/mol. The number of nitrogens with one attached hydrogen (secondary N) is 2. The molecule has 0 radical (unpaired) electrons. The smallest absolute Gasteiger partial charge is 0.407 e. The molecule has 4 nitrogen and oxygen atoms in total. The SMILES string of the molecule is CC(CC1CCC1)NC/C=C/CNC(=O)OC(C)(C)C. The van der Waals surface area contributed by atoms with Crippen LogP contribution in [-0.2, 0) is 4.74 Å². The van der Waals surface area contributed by atoms with Gasteiger partial charge in [-0.05, 0) is 40.0 Å². The van der Waals surface area contributed by atoms with E-state index in [-0.39, 0.29) is 6.09 Å². The maximum absolute atomic E-state index is 11.4. The lowest BCUT2D eigenvalue weighted by atomic mass is 9.81. The lowest BCUT2D eigenvalue weighted by Crippen LogP contribution is -2.32. The fraction of sp³-hybridized carbons (Fsp3) is 0.812. The third kappa shape index (κ3) is 8.20. The number of hydrogen-bond donors (Lipinski definition) is 2. The van der Waals surface area contributed by atoms with Gasteiger partial charge in [0, 0.05) is 19.1 Å². The van der Waals surface area contributed by atoms with Gasteiger partial charge in [-0.25, -0.2) is 4.79 Å². The summed E-state index contributed by atoms with van der Waals surface area (Å²) in [6.07, 6.45) is 9.14. The zero-order valence-corrected chi connectivity index (χ0v) is 13.4. The highest BCUT2D eigenvalue weighted by Crippen LogP contribution is 2.30. The Bertz CT molecular complexity index is 317. The van der Waals surface area contributed by atoms with Gasteiger partial charge in [-0.3, -0.25) is 0 Å². The molecule has 1 amide bonds. The zero-order chi connectivity index (χ0) is 15.0. The van der Waals surface area contributed by atoms with Gasteiger partial charge in [0.25, 0.3) is 0 Å². The summed E-state index contributed by atoms with van der Waals surface area (Å²) in [6, 6.07) is 0.573. The highest BCUT2D eigenvalue weighted by molar-refractivity contribution is 5.67. The topological polar surface area (TPSA) is 50.4 Å². The average Bonchev–Trinajstić information content (AvgIpc) is 2.26. The summed E-state index contributed by atoms with van der Waals surface area (Å²) < 4.78 is 5.15. The lowest BCUT2D eigenvalue weighted by Gasteiger charge is -2.28. The van der Waals surface area contributed by atoms with Crippen molar-refractivity contribution in [2.45, 2.75) is 65.0 Å². The molecule has 0 saturated heterocycles. The number of hydrogen-bond acceptors (Lipinski definition) is 3. The normalized spacial score (nSPS) is 17.8. The fourth-order valence-electron chi connectivity index (χ4n) is 2.20. The number of carbonyl (C=O) groups excluding carboxylic acids is 1. The Kier molecular flexibility index (Phi) is 7.06. The van der Waals surface area contributed by atoms with E-state index in [1.54, 1.807) is 0 Å². The highest BCUT2D eigenvalue weighted by Gasteiger charge is 2.19. The second-order valence-electron chi connectivity index (χ2n) is 6.70. The van der Waals surface area contributed by atoms with E-state index in [9.17, 15) is 4.79 Å². The number of ether oxygens (including phenoxy) is 1. The molecule has 1 aliphatic rings. The largest absolute Gasteiger partial charge is 0.444 e. The van der Waals surface area contributed by atoms with Crippen LogP contribution in [0.4, 0.5) is 4.79 Å². The minimum atomic E-state index is -0.438. The molecule has 1 fully saturated rings. The first-order chi connectivity index (χ1) is 9.37. The van der Waals surface area contributed by atoms with Crippen LogP contribution in [0.1, 0.15) is 53.4 Å². The first-order valence-corrected chi connectivity index (χ1v) is 7.72. The number of carbonyl (C=O) groups is 1. The van der Waals surface area contributed by atoms with Crippen LogP contribution in [0.25, 0.3) is 0 Å². The predicted octanol–water partition coefficient (Wildman–Crippen LogP) is 3.24. The molecule has 1 aliphatic carbocycles. The van der Waals surface area contributed by atoms with Gasteiger partial charge < -0.3 is 15.4 Å². The highest BCUT2D eigenvalue weighted by atomic mass is 16.6. The Morgan fingerprint density at radius 2 is 1.95 bits per heavy atom. The molecule has 0 bridgehead atoms. The van der Waals surface area contributed by atoms with E-state index in [0.717, 1.165) is 12.5 Å². The third-order valence-corrected chi connectivity index (χ3v) is 3.43. The van der Waals surface area contributed by atoms with E-state index in [0.29, 0.717) is 12.6 Å². The number of rotatable bonds is 7. The standard InChI is InChI=1S/C16H30N2O2/c1-13(12-14-8-7-9-14)17-10-5-6-11-18-15(19)20-16(2,3)4/h5-6,13-14,17H,7-12H2,1-4H3,(H,18,19)/b6-5+. The van der Waals surface area contributed by atoms with E-state index in [1.807, 2.05) is 26.8 Å². The average molecular weight is 282 g/mol. The first kappa shape index (κ1) is 17.0. The molecule has 1 unspecified atom stereocenters. The van der Waals surface area contributed by atoms with E-state index in [4.69, 9.17) is 4.74 Å². The minimum Gasteiger partial charge on any atom is -0.444 e. The third-order valence-electron chi connectivity index (χ3n) is 3.43. The van der Waals surface area contributed by atoms with Crippen molar-refractivity contribution in [1.82, 2.24) is 10.6 Å². The molecular weight excluding hydrogens is 252 g/mol. The summed E-state index contributed by atoms with van der Waals surface area (Å²) in [5.74, 6) is 0.940. The summed E-state index contributed by atoms with van der Waals surface area (Å²) in [5, 5.41) is 6.18. The lowest BCUT2D eigenvalue weighted by molar-refractivity contribution is 0.0534. The molecule has 0 aliphatic heterocycles. The summed E-state index contributed by atoms with van der Waals surface area (Å²) in [7, 11) is 0. The Balaban J connectivity index is 1.99. The molecule has 0 aromatic rings. The minimum absolute atomic E-state index is 0.367. The van der Waals surface area contributed by atoms with E-state index < -0.39 is 5.60 Å². The molecule has 116 valence electrons. The van der Waals surface area contributed by atoms with Gasteiger partial charge in [0.2, 0.25) is 0 Å². The second-order valence-corrected chi connectivity index (χ2v) is 6.70. The van der Waals surface area contributed by atoms with Crippen LogP contribution in [0.3, 0.4) is 0 Å². The first-order valence-electron chi connectivity index (χ1n) is 7.72. The van der Waals surface area contributed by atoms with Crippen molar-refractivity contribution < 1.29 is 9.53 Å². The van der Waals surface area contributed by atoms with Crippen LogP contribution >= 0.6 is 0 Å². The van der Waals surface area contributed by atoms with Crippen LogP contribution in [0.5, 0.6) is 0 Å². The Morgan fingerprint density at radius 3 is 2.50 bits per heavy atom. The van der Waals surface area contributed by atoms with Gasteiger partial charge >= 0.3 is 6.09 Å². The van der Waals surface area contributed by atoms with Crippen molar-refractivity contribution >= 4 is 6.09 Å². The maximum atomic E-state index is 11.4. The molecule has 2 N–H and O–H groups in total. The van der Waals surface area contributed by atoms with Crippen molar-refractivity contribution in [2.24, 2.45) is 5.92 Å². The van der Waals surface area contributed by atoms with Gasteiger partial charge in [0.1, 0.15) is 5.60 Å². The summed E-state index contributed by atoms with van der Waals surface area (Å²) in [4.78, 5) is 11.4. The number of amides is 1. The van der Waals surface area contributed by atoms with E-state index in [2.05, 4.69) is 23.6 Å². The van der Waals surface area contributed by atoms with Crippen molar-refractivity contribution in [3.8, 4) is 0 Å². The molecule has 1 saturated carbocycles. The molecule has 0 aromatic heterocycles. The van der Waals surface area contributed by atoms with Gasteiger partial charge in [-0.15, -0.1) is 0 Å². The van der Waals surface area contributed by atoms with E-state index in [1.165, 1.54) is 25.7 Å². The Morgan fingerprint density at radius 1 is 1.30 bits per heavy atom. The molecule has 1 atom stereocenters. The molecule has 0 heterocycles. The fourth-order valence-corrected chi connectivity index (χ4v) is 2.20. The summed E-state index contributed by atoms with van der Waals surface area (Å²) in [6.45, 7) is 9.17. The monoisotopic (exact) mass is 282 g/mol. The molecule has 0 aromatic carbocycles. The molecule has 1 rings (SSSR count). The van der Waals surface area contributed by atoms with Crippen LogP contribution in [0.2, 0.25) is 0 Å². The quantitative estimate of drug-likeness (QED) is 0.705. The molecule has 0 spiro atoms. The van der Waals surface area contributed by atoms with Crippen molar-refractivity contribution in [1.29, 1.82) is 0 Å². The maximum Gasteiger partial charge on any atom is 0.407 e. The molecular formula is C16H30N2O2. The van der Waals surface area contributed by atoms with Crippen molar-refractivity contribution in [2.75, 3.05) is 13.1 Å². The van der Waals surface area contributed by atoms with Crippen LogP contribution in [0, 0.1) is 5.92 Å². The van der Waals surface area contributed by atoms with Crippen molar-refractivity contribution in [3.05, 3.63) is 12.2 Å². The zero-order valence-electron chi connectivity index (χ0n) is 13.4. The number of alkyl carbamates (subject to hydrolysis) is 1. The second kappa shape index (κ2) is 8.30. The molecule has 20 heavy (non-hydrogen) atoms. The van der Waals surface area contributed by atoms with Crippen molar-refractivity contribution in [3.63, 3.8) is 0 Å². The van der Waals surface area contributed by atoms with Gasteiger partial charge in [0.15, 0.2) is 0 Å². The Hall–Kier alpha value is -1.03. The van der Waals surface area contributed by atoms with Crippen LogP contribution in [0.15, 0.2) is 12.2 Å². The van der Waals surface area contributed by atoms with Crippen LogP contribution < -0.4 is 10.6 Å².